The molecule has 0 bridgehead atoms. The van der Waals surface area contributed by atoms with Crippen molar-refractivity contribution in [3.05, 3.63) is 0 Å². The lowest BCUT2D eigenvalue weighted by Crippen LogP contribution is -2.03. The number of nitrogens with two attached hydrogens (primary N) is 2. The Bertz CT molecular complexity index is 106. The van der Waals surface area contributed by atoms with Crippen LogP contribution >= 0.6 is 0 Å². The van der Waals surface area contributed by atoms with E-state index in [0.717, 1.165) is 0 Å². The summed E-state index contributed by atoms with van der Waals surface area (Å²) in [5, 5.41) is 10.2. The smallest absolute Gasteiger partial charge is 0.135 e. The van der Waals surface area contributed by atoms with Crippen LogP contribution in [0.25, 0.3) is 0 Å². The Kier molecular flexibility index (Phi) is 8.92. The van der Waals surface area contributed by atoms with Gasteiger partial charge in [0.2, 0.25) is 0 Å². The molecule has 0 aliphatic carbocycles. The van der Waals surface area contributed by atoms with Crippen molar-refractivity contribution in [3.63, 3.8) is 0 Å². The van der Waals surface area contributed by atoms with Crippen LogP contribution in [0.5, 0.6) is 0 Å². The first-order valence-electron chi connectivity index (χ1n) is 2.67. The van der Waals surface area contributed by atoms with Crippen LogP contribution in [0.3, 0.4) is 0 Å². The molecule has 0 atom stereocenters. The van der Waals surface area contributed by atoms with Gasteiger partial charge in [-0.3, -0.25) is 4.99 Å². The van der Waals surface area contributed by atoms with E-state index in [-0.39, 0.29) is 5.84 Å². The first kappa shape index (κ1) is 11.5. The molecule has 5 nitrogen and oxygen atoms in total. The lowest BCUT2D eigenvalue weighted by atomic mass is 10.7. The van der Waals surface area contributed by atoms with E-state index in [2.05, 4.69) is 10.1 Å². The molecule has 0 unspecified atom stereocenters. The summed E-state index contributed by atoms with van der Waals surface area (Å²) in [4.78, 5) is 3.58. The normalized spacial score (nSPS) is 11.9. The lowest BCUT2D eigenvalue weighted by Gasteiger charge is -1.76. The summed E-state index contributed by atoms with van der Waals surface area (Å²) in [7, 11) is 1.66. The summed E-state index contributed by atoms with van der Waals surface area (Å²) >= 11 is 0. The molecule has 0 spiro atoms. The molecule has 0 aromatic carbocycles. The van der Waals surface area contributed by atoms with Crippen LogP contribution in [-0.4, -0.2) is 23.9 Å². The van der Waals surface area contributed by atoms with Crippen LogP contribution < -0.4 is 11.5 Å². The Morgan fingerprint density at radius 2 is 1.40 bits per heavy atom. The second-order valence-electron chi connectivity index (χ2n) is 1.61. The molecule has 0 saturated heterocycles. The summed E-state index contributed by atoms with van der Waals surface area (Å²) < 4.78 is 0. The molecule has 0 aliphatic rings. The van der Waals surface area contributed by atoms with E-state index in [1.54, 1.807) is 14.0 Å². The van der Waals surface area contributed by atoms with Gasteiger partial charge in [-0.15, -0.1) is 0 Å². The monoisotopic (exact) mass is 146 g/mol. The third-order valence-corrected chi connectivity index (χ3v) is 0.510. The average Bonchev–Trinajstić information content (AvgIpc) is 1.89. The first-order chi connectivity index (χ1) is 4.54. The van der Waals surface area contributed by atoms with E-state index in [9.17, 15) is 0 Å². The summed E-state index contributed by atoms with van der Waals surface area (Å²) in [5.41, 5.74) is 9.83. The highest BCUT2D eigenvalue weighted by atomic mass is 16.4. The molecule has 0 aromatic heterocycles. The summed E-state index contributed by atoms with van der Waals surface area (Å²) in [6, 6.07) is 0. The van der Waals surface area contributed by atoms with E-state index < -0.39 is 0 Å². The van der Waals surface area contributed by atoms with Gasteiger partial charge in [0, 0.05) is 7.05 Å². The highest BCUT2D eigenvalue weighted by Gasteiger charge is 1.64. The first-order valence-corrected chi connectivity index (χ1v) is 2.67. The van der Waals surface area contributed by atoms with E-state index in [0.29, 0.717) is 5.84 Å². The van der Waals surface area contributed by atoms with Crippen LogP contribution in [0.2, 0.25) is 0 Å². The number of nitrogens with zero attached hydrogens (tertiary/aromatic N) is 2. The molecule has 5 N–H and O–H groups in total. The number of hydrogen-bond donors (Lipinski definition) is 3. The van der Waals surface area contributed by atoms with Crippen molar-refractivity contribution >= 4 is 11.7 Å². The van der Waals surface area contributed by atoms with Crippen molar-refractivity contribution in [2.24, 2.45) is 21.6 Å². The van der Waals surface area contributed by atoms with E-state index in [1.165, 1.54) is 6.92 Å². The van der Waals surface area contributed by atoms with Gasteiger partial charge in [-0.1, -0.05) is 5.16 Å². The van der Waals surface area contributed by atoms with Crippen LogP contribution in [0.1, 0.15) is 13.8 Å². The second kappa shape index (κ2) is 7.74. The molecule has 0 saturated carbocycles. The third kappa shape index (κ3) is 29.6. The van der Waals surface area contributed by atoms with Crippen molar-refractivity contribution in [2.75, 3.05) is 7.05 Å². The lowest BCUT2D eigenvalue weighted by molar-refractivity contribution is 0.318. The molecule has 0 heterocycles. The Morgan fingerprint density at radius 1 is 1.20 bits per heavy atom. The average molecular weight is 146 g/mol. The standard InChI is InChI=1S/C3H8N2.C2H6N2O/c1-3(4)5-2;1-2(3)4-5/h1-2H3,(H2,4,5);5H,1H3,(H2,3,4). The predicted molar refractivity (Wildman–Crippen MR) is 42.3 cm³/mol. The zero-order chi connectivity index (χ0) is 8.57. The SMILES string of the molecule is C/C(N)=N/O.CN=C(C)N. The summed E-state index contributed by atoms with van der Waals surface area (Å²) in [6.45, 7) is 3.25. The molecule has 0 aliphatic heterocycles. The highest BCUT2D eigenvalue weighted by molar-refractivity contribution is 5.77. The molecule has 0 aromatic rings. The van der Waals surface area contributed by atoms with Gasteiger partial charge in [0.15, 0.2) is 0 Å². The molecule has 0 fully saturated rings. The maximum absolute atomic E-state index is 7.61. The largest absolute Gasteiger partial charge is 0.409 e. The zero-order valence-electron chi connectivity index (χ0n) is 6.50. The Hall–Kier alpha value is -1.26. The number of rotatable bonds is 0. The van der Waals surface area contributed by atoms with Crippen molar-refractivity contribution in [3.8, 4) is 0 Å². The van der Waals surface area contributed by atoms with Crippen molar-refractivity contribution in [1.82, 2.24) is 0 Å². The molecule has 10 heavy (non-hydrogen) atoms. The van der Waals surface area contributed by atoms with Gasteiger partial charge in [0.1, 0.15) is 5.84 Å². The molecule has 60 valence electrons. The number of aliphatic imine (C=N–C) groups is 1. The van der Waals surface area contributed by atoms with Crippen molar-refractivity contribution < 1.29 is 5.21 Å². The fourth-order valence-corrected chi connectivity index (χ4v) is 0. The molecular formula is C5H14N4O. The number of amidine groups is 2. The van der Waals surface area contributed by atoms with Gasteiger partial charge in [-0.05, 0) is 13.8 Å². The molecular weight excluding hydrogens is 132 g/mol. The van der Waals surface area contributed by atoms with Gasteiger partial charge < -0.3 is 16.7 Å². The van der Waals surface area contributed by atoms with Crippen molar-refractivity contribution in [2.45, 2.75) is 13.8 Å². The summed E-state index contributed by atoms with van der Waals surface area (Å²) in [5.74, 6) is 0.815. The third-order valence-electron chi connectivity index (χ3n) is 0.510. The maximum atomic E-state index is 7.61. The number of oxime groups is 1. The van der Waals surface area contributed by atoms with Gasteiger partial charge in [0.25, 0.3) is 0 Å². The van der Waals surface area contributed by atoms with E-state index in [1.807, 2.05) is 0 Å². The highest BCUT2D eigenvalue weighted by Crippen LogP contribution is 1.52. The van der Waals surface area contributed by atoms with E-state index >= 15 is 0 Å². The minimum atomic E-state index is 0.185. The molecule has 0 amide bonds. The van der Waals surface area contributed by atoms with Gasteiger partial charge >= 0.3 is 0 Å². The van der Waals surface area contributed by atoms with E-state index in [4.69, 9.17) is 16.7 Å². The minimum absolute atomic E-state index is 0.185. The molecule has 0 rings (SSSR count). The van der Waals surface area contributed by atoms with Gasteiger partial charge in [-0.2, -0.15) is 0 Å². The van der Waals surface area contributed by atoms with Crippen LogP contribution in [-0.2, 0) is 0 Å². The van der Waals surface area contributed by atoms with Crippen molar-refractivity contribution in [1.29, 1.82) is 0 Å². The van der Waals surface area contributed by atoms with Crippen LogP contribution in [0.15, 0.2) is 10.1 Å². The topological polar surface area (TPSA) is 97.0 Å². The van der Waals surface area contributed by atoms with Gasteiger partial charge in [0.05, 0.1) is 5.84 Å². The fourth-order valence-electron chi connectivity index (χ4n) is 0. The second-order valence-corrected chi connectivity index (χ2v) is 1.61. The Balaban J connectivity index is 0. The predicted octanol–water partition coefficient (Wildman–Crippen LogP) is -0.254. The Labute approximate surface area is 60.4 Å². The molecule has 5 heteroatoms. The van der Waals surface area contributed by atoms with Gasteiger partial charge in [-0.25, -0.2) is 0 Å². The van der Waals surface area contributed by atoms with Crippen LogP contribution in [0.4, 0.5) is 0 Å². The Morgan fingerprint density at radius 3 is 1.40 bits per heavy atom. The summed E-state index contributed by atoms with van der Waals surface area (Å²) in [6.07, 6.45) is 0. The maximum Gasteiger partial charge on any atom is 0.135 e. The number of hydrogen-bond acceptors (Lipinski definition) is 3. The quantitative estimate of drug-likeness (QED) is 0.190. The zero-order valence-corrected chi connectivity index (χ0v) is 6.50. The fraction of sp³-hybridized carbons (Fsp3) is 0.600. The molecule has 0 radical (unpaired) electrons. The van der Waals surface area contributed by atoms with Crippen LogP contribution in [0, 0.1) is 0 Å². The minimum Gasteiger partial charge on any atom is -0.409 e.